The number of hydrogen-bond donors (Lipinski definition) is 1. The average Bonchev–Trinajstić information content (AvgIpc) is 3.13. The van der Waals surface area contributed by atoms with Gasteiger partial charge in [-0.25, -0.2) is 4.98 Å². The summed E-state index contributed by atoms with van der Waals surface area (Å²) >= 11 is 0. The molecular weight excluding hydrogens is 388 g/mol. The van der Waals surface area contributed by atoms with E-state index in [0.717, 1.165) is 27.9 Å². The van der Waals surface area contributed by atoms with E-state index in [1.54, 1.807) is 11.5 Å². The third-order valence-corrected chi connectivity index (χ3v) is 7.97. The molecule has 5 heteroatoms. The molecule has 2 aromatic heterocycles. The molecule has 5 nitrogen and oxygen atoms in total. The number of pyridine rings is 2. The number of fused-ring (bicyclic) bond motifs is 5. The zero-order chi connectivity index (χ0) is 22.4. The second kappa shape index (κ2) is 6.36. The second-order valence-electron chi connectivity index (χ2n) is 9.24. The van der Waals surface area contributed by atoms with E-state index in [1.165, 1.54) is 22.1 Å². The zero-order valence-electron chi connectivity index (χ0n) is 19.1. The van der Waals surface area contributed by atoms with Gasteiger partial charge in [-0.05, 0) is 81.3 Å². The lowest BCUT2D eigenvalue weighted by atomic mass is 9.77. The maximum Gasteiger partial charge on any atom is 0.254 e. The molecule has 1 aromatic carbocycles. The van der Waals surface area contributed by atoms with Gasteiger partial charge in [-0.2, -0.15) is 0 Å². The van der Waals surface area contributed by atoms with E-state index in [0.29, 0.717) is 29.8 Å². The number of aryl methyl sites for hydroxylation is 3. The number of carbonyl (C=O) groups excluding carboxylic acids is 1. The summed E-state index contributed by atoms with van der Waals surface area (Å²) in [4.78, 5) is 31.1. The second-order valence-corrected chi connectivity index (χ2v) is 9.24. The lowest BCUT2D eigenvalue weighted by Crippen LogP contribution is -2.43. The van der Waals surface area contributed by atoms with Crippen molar-refractivity contribution in [3.8, 4) is 11.4 Å². The van der Waals surface area contributed by atoms with Crippen molar-refractivity contribution >= 4 is 16.7 Å². The van der Waals surface area contributed by atoms with Crippen LogP contribution in [0.5, 0.6) is 0 Å². The van der Waals surface area contributed by atoms with Crippen LogP contribution >= 0.6 is 0 Å². The molecule has 0 saturated heterocycles. The summed E-state index contributed by atoms with van der Waals surface area (Å²) in [5.41, 5.74) is 8.96. The molecule has 3 aromatic rings. The Balaban J connectivity index is 1.88. The molecule has 1 N–H and O–H groups in total. The first-order chi connectivity index (χ1) is 14.6. The summed E-state index contributed by atoms with van der Waals surface area (Å²) in [6.07, 6.45) is 0.851. The van der Waals surface area contributed by atoms with Gasteiger partial charge in [0.2, 0.25) is 0 Å². The lowest BCUT2D eigenvalue weighted by Gasteiger charge is -2.32. The normalized spacial score (nSPS) is 19.5. The van der Waals surface area contributed by atoms with Gasteiger partial charge >= 0.3 is 0 Å². The van der Waals surface area contributed by atoms with Gasteiger partial charge in [0.15, 0.2) is 5.78 Å². The van der Waals surface area contributed by atoms with E-state index in [2.05, 4.69) is 34.6 Å². The maximum absolute atomic E-state index is 13.4. The number of aromatic nitrogens is 2. The van der Waals surface area contributed by atoms with Gasteiger partial charge in [-0.3, -0.25) is 9.59 Å². The van der Waals surface area contributed by atoms with Crippen molar-refractivity contribution in [2.75, 3.05) is 0 Å². The molecule has 5 rings (SSSR count). The number of benzene rings is 1. The number of aliphatic hydroxyl groups is 1. The SMILES string of the molecule is CC[C@@]1(O)C(=O)CCc2c1cc1n(c2=O)Cc2c-1nc1c(C)c(C)c(C)c(C)c1c2C. The van der Waals surface area contributed by atoms with E-state index in [9.17, 15) is 14.7 Å². The number of carbonyl (C=O) groups is 1. The van der Waals surface area contributed by atoms with E-state index in [-0.39, 0.29) is 24.2 Å². The number of hydrogen-bond acceptors (Lipinski definition) is 4. The van der Waals surface area contributed by atoms with Gasteiger partial charge in [0.1, 0.15) is 5.60 Å². The molecule has 0 bridgehead atoms. The third kappa shape index (κ3) is 2.38. The zero-order valence-corrected chi connectivity index (χ0v) is 19.1. The fourth-order valence-electron chi connectivity index (χ4n) is 5.60. The first-order valence-corrected chi connectivity index (χ1v) is 11.0. The lowest BCUT2D eigenvalue weighted by molar-refractivity contribution is -0.140. The van der Waals surface area contributed by atoms with Crippen molar-refractivity contribution in [3.63, 3.8) is 0 Å². The first kappa shape index (κ1) is 20.1. The fraction of sp³-hybridized carbons (Fsp3) is 0.423. The van der Waals surface area contributed by atoms with Crippen LogP contribution in [0.4, 0.5) is 0 Å². The molecule has 0 amide bonds. The molecule has 0 spiro atoms. The van der Waals surface area contributed by atoms with Crippen LogP contribution in [0.15, 0.2) is 10.9 Å². The van der Waals surface area contributed by atoms with Crippen molar-refractivity contribution in [1.29, 1.82) is 0 Å². The molecular formula is C26H28N2O3. The Morgan fingerprint density at radius 2 is 1.65 bits per heavy atom. The van der Waals surface area contributed by atoms with Crippen LogP contribution in [0.1, 0.15) is 64.3 Å². The van der Waals surface area contributed by atoms with Crippen molar-refractivity contribution in [2.24, 2.45) is 0 Å². The Hall–Kier alpha value is -2.79. The molecule has 31 heavy (non-hydrogen) atoms. The van der Waals surface area contributed by atoms with Gasteiger partial charge < -0.3 is 9.67 Å². The number of nitrogens with zero attached hydrogens (tertiary/aromatic N) is 2. The van der Waals surface area contributed by atoms with Crippen molar-refractivity contribution in [1.82, 2.24) is 9.55 Å². The standard InChI is InChI=1S/C26H28N2O3/c1-7-26(31)19-10-20-24-18(11-28(20)25(30)17(19)8-9-21(26)29)16(6)22-14(4)12(2)13(3)15(5)23(22)27-24/h10,31H,7-9,11H2,1-6H3/t26-/m0/s1. The molecule has 0 fully saturated rings. The minimum Gasteiger partial charge on any atom is -0.377 e. The average molecular weight is 417 g/mol. The van der Waals surface area contributed by atoms with E-state index >= 15 is 0 Å². The van der Waals surface area contributed by atoms with Crippen molar-refractivity contribution in [3.05, 3.63) is 60.9 Å². The number of rotatable bonds is 1. The van der Waals surface area contributed by atoms with Crippen LogP contribution in [-0.4, -0.2) is 20.4 Å². The van der Waals surface area contributed by atoms with Gasteiger partial charge in [0.05, 0.1) is 23.4 Å². The van der Waals surface area contributed by atoms with Gasteiger partial charge in [-0.1, -0.05) is 6.92 Å². The summed E-state index contributed by atoms with van der Waals surface area (Å²) in [5.74, 6) is -0.203. The molecule has 1 atom stereocenters. The Morgan fingerprint density at radius 1 is 0.968 bits per heavy atom. The monoisotopic (exact) mass is 416 g/mol. The van der Waals surface area contributed by atoms with Crippen LogP contribution in [-0.2, 0) is 23.4 Å². The molecule has 2 aliphatic rings. The van der Waals surface area contributed by atoms with E-state index in [1.807, 2.05) is 6.07 Å². The van der Waals surface area contributed by atoms with Crippen LogP contribution in [0.25, 0.3) is 22.3 Å². The summed E-state index contributed by atoms with van der Waals surface area (Å²) < 4.78 is 1.78. The highest BCUT2D eigenvalue weighted by atomic mass is 16.3. The number of Topliss-reactive ketones (excluding diaryl/α,β-unsaturated/α-hetero) is 1. The largest absolute Gasteiger partial charge is 0.377 e. The van der Waals surface area contributed by atoms with Crippen LogP contribution in [0.3, 0.4) is 0 Å². The maximum atomic E-state index is 13.4. The quantitative estimate of drug-likeness (QED) is 0.507. The Morgan fingerprint density at radius 3 is 2.32 bits per heavy atom. The minimum absolute atomic E-state index is 0.103. The number of ketones is 1. The molecule has 3 heterocycles. The summed E-state index contributed by atoms with van der Waals surface area (Å²) in [6, 6.07) is 1.85. The summed E-state index contributed by atoms with van der Waals surface area (Å²) in [5, 5.41) is 12.3. The van der Waals surface area contributed by atoms with Crippen molar-refractivity contribution in [2.45, 2.75) is 73.0 Å². The van der Waals surface area contributed by atoms with Gasteiger partial charge in [0.25, 0.3) is 5.56 Å². The highest BCUT2D eigenvalue weighted by molar-refractivity contribution is 5.94. The minimum atomic E-state index is -1.59. The molecule has 0 unspecified atom stereocenters. The van der Waals surface area contributed by atoms with Crippen LogP contribution in [0.2, 0.25) is 0 Å². The van der Waals surface area contributed by atoms with E-state index in [4.69, 9.17) is 4.98 Å². The molecule has 0 saturated carbocycles. The predicted octanol–water partition coefficient (Wildman–Crippen LogP) is 4.08. The van der Waals surface area contributed by atoms with E-state index < -0.39 is 5.60 Å². The Kier molecular flexibility index (Phi) is 4.13. The molecule has 160 valence electrons. The highest BCUT2D eigenvalue weighted by Gasteiger charge is 2.43. The van der Waals surface area contributed by atoms with Crippen LogP contribution in [0, 0.1) is 34.6 Å². The summed E-state index contributed by atoms with van der Waals surface area (Å²) in [6.45, 7) is 12.9. The Labute approximate surface area is 181 Å². The highest BCUT2D eigenvalue weighted by Crippen LogP contribution is 2.42. The fourth-order valence-corrected chi connectivity index (χ4v) is 5.60. The molecule has 1 aliphatic carbocycles. The summed E-state index contributed by atoms with van der Waals surface area (Å²) in [7, 11) is 0. The topological polar surface area (TPSA) is 72.2 Å². The van der Waals surface area contributed by atoms with Gasteiger partial charge in [0, 0.05) is 28.5 Å². The van der Waals surface area contributed by atoms with Crippen LogP contribution < -0.4 is 5.56 Å². The predicted molar refractivity (Wildman–Crippen MR) is 122 cm³/mol. The third-order valence-electron chi connectivity index (χ3n) is 7.97. The first-order valence-electron chi connectivity index (χ1n) is 11.0. The Bertz CT molecular complexity index is 1400. The van der Waals surface area contributed by atoms with Gasteiger partial charge in [-0.15, -0.1) is 0 Å². The smallest absolute Gasteiger partial charge is 0.254 e. The van der Waals surface area contributed by atoms with Crippen molar-refractivity contribution < 1.29 is 9.90 Å². The molecule has 1 aliphatic heterocycles. The molecule has 0 radical (unpaired) electrons.